The number of benzene rings is 3. The quantitative estimate of drug-likeness (QED) is 0.461. The second kappa shape index (κ2) is 8.32. The maximum absolute atomic E-state index is 12.7. The first kappa shape index (κ1) is 19.0. The van der Waals surface area contributed by atoms with E-state index in [1.807, 2.05) is 67.1 Å². The van der Waals surface area contributed by atoms with E-state index in [2.05, 4.69) is 4.99 Å². The van der Waals surface area contributed by atoms with E-state index in [1.54, 1.807) is 24.3 Å². The fourth-order valence-electron chi connectivity index (χ4n) is 2.99. The zero-order chi connectivity index (χ0) is 20.2. The molecule has 0 aliphatic heterocycles. The van der Waals surface area contributed by atoms with Gasteiger partial charge in [0.1, 0.15) is 22.8 Å². The molecule has 0 radical (unpaired) electrons. The molecule has 0 bridgehead atoms. The lowest BCUT2D eigenvalue weighted by atomic mass is 10.2. The van der Waals surface area contributed by atoms with Crippen LogP contribution >= 0.6 is 11.3 Å². The number of rotatable bonds is 5. The second-order valence-corrected chi connectivity index (χ2v) is 7.35. The van der Waals surface area contributed by atoms with Crippen LogP contribution in [0.15, 0.2) is 77.8 Å². The summed E-state index contributed by atoms with van der Waals surface area (Å²) in [5.41, 5.74) is 1.45. The zero-order valence-electron chi connectivity index (χ0n) is 16.2. The number of amides is 1. The largest absolute Gasteiger partial charge is 0.492 e. The number of ether oxygens (including phenoxy) is 2. The molecule has 1 aromatic heterocycles. The normalized spacial score (nSPS) is 11.6. The van der Waals surface area contributed by atoms with Crippen molar-refractivity contribution in [2.75, 3.05) is 6.61 Å². The Morgan fingerprint density at radius 3 is 2.41 bits per heavy atom. The van der Waals surface area contributed by atoms with Gasteiger partial charge >= 0.3 is 0 Å². The SMILES string of the molecule is CCOc1cccc2sc(=NC(=O)c3ccc(Oc4ccccc4)cc3)n(C)c12. The van der Waals surface area contributed by atoms with Crippen molar-refractivity contribution in [3.8, 4) is 17.2 Å². The van der Waals surface area contributed by atoms with Crippen LogP contribution in [-0.4, -0.2) is 17.1 Å². The molecule has 1 amide bonds. The number of para-hydroxylation sites is 2. The smallest absolute Gasteiger partial charge is 0.279 e. The molecule has 0 saturated carbocycles. The molecule has 0 N–H and O–H groups in total. The highest BCUT2D eigenvalue weighted by Crippen LogP contribution is 2.27. The molecule has 5 nitrogen and oxygen atoms in total. The predicted octanol–water partition coefficient (Wildman–Crippen LogP) is 5.17. The first-order valence-corrected chi connectivity index (χ1v) is 10.1. The highest BCUT2D eigenvalue weighted by Gasteiger charge is 2.11. The Morgan fingerprint density at radius 2 is 1.69 bits per heavy atom. The Balaban J connectivity index is 1.61. The molecule has 3 aromatic carbocycles. The molecule has 6 heteroatoms. The van der Waals surface area contributed by atoms with Crippen molar-refractivity contribution in [2.45, 2.75) is 6.92 Å². The fraction of sp³-hybridized carbons (Fsp3) is 0.130. The maximum atomic E-state index is 12.7. The van der Waals surface area contributed by atoms with Crippen LogP contribution < -0.4 is 14.3 Å². The molecule has 29 heavy (non-hydrogen) atoms. The molecule has 0 unspecified atom stereocenters. The van der Waals surface area contributed by atoms with Gasteiger partial charge in [-0.2, -0.15) is 4.99 Å². The molecule has 0 saturated heterocycles. The maximum Gasteiger partial charge on any atom is 0.279 e. The van der Waals surface area contributed by atoms with E-state index >= 15 is 0 Å². The van der Waals surface area contributed by atoms with Crippen LogP contribution in [-0.2, 0) is 7.05 Å². The van der Waals surface area contributed by atoms with E-state index in [9.17, 15) is 4.79 Å². The zero-order valence-corrected chi connectivity index (χ0v) is 17.0. The molecule has 4 rings (SSSR count). The van der Waals surface area contributed by atoms with Crippen LogP contribution in [0, 0.1) is 0 Å². The van der Waals surface area contributed by atoms with E-state index in [0.29, 0.717) is 22.7 Å². The summed E-state index contributed by atoms with van der Waals surface area (Å²) in [5, 5.41) is 0. The third-order valence-corrected chi connectivity index (χ3v) is 5.46. The Morgan fingerprint density at radius 1 is 0.966 bits per heavy atom. The van der Waals surface area contributed by atoms with Crippen molar-refractivity contribution >= 4 is 27.5 Å². The summed E-state index contributed by atoms with van der Waals surface area (Å²) in [6, 6.07) is 22.4. The summed E-state index contributed by atoms with van der Waals surface area (Å²) >= 11 is 1.46. The molecule has 1 heterocycles. The average molecular weight is 404 g/mol. The van der Waals surface area contributed by atoms with Crippen LogP contribution in [0.3, 0.4) is 0 Å². The number of carbonyl (C=O) groups excluding carboxylic acids is 1. The Bertz CT molecular complexity index is 1210. The number of hydrogen-bond donors (Lipinski definition) is 0. The molecule has 146 valence electrons. The number of nitrogens with zero attached hydrogens (tertiary/aromatic N) is 2. The Kier molecular flexibility index (Phi) is 5.44. The number of aryl methyl sites for hydroxylation is 1. The van der Waals surface area contributed by atoms with E-state index in [-0.39, 0.29) is 5.91 Å². The van der Waals surface area contributed by atoms with Crippen molar-refractivity contribution in [2.24, 2.45) is 12.0 Å². The molecule has 0 aliphatic carbocycles. The lowest BCUT2D eigenvalue weighted by Gasteiger charge is -2.06. The van der Waals surface area contributed by atoms with Crippen molar-refractivity contribution in [1.29, 1.82) is 0 Å². The molecule has 4 aromatic rings. The highest BCUT2D eigenvalue weighted by atomic mass is 32.1. The summed E-state index contributed by atoms with van der Waals surface area (Å²) in [6.07, 6.45) is 0. The predicted molar refractivity (Wildman–Crippen MR) is 115 cm³/mol. The summed E-state index contributed by atoms with van der Waals surface area (Å²) < 4.78 is 14.4. The Hall–Kier alpha value is -3.38. The van der Waals surface area contributed by atoms with Crippen molar-refractivity contribution in [1.82, 2.24) is 4.57 Å². The van der Waals surface area contributed by atoms with Crippen molar-refractivity contribution in [3.05, 3.63) is 83.2 Å². The van der Waals surface area contributed by atoms with Gasteiger partial charge in [-0.15, -0.1) is 0 Å². The summed E-state index contributed by atoms with van der Waals surface area (Å²) in [7, 11) is 1.89. The van der Waals surface area contributed by atoms with Crippen molar-refractivity contribution in [3.63, 3.8) is 0 Å². The van der Waals surface area contributed by atoms with Gasteiger partial charge in [0.15, 0.2) is 4.80 Å². The average Bonchev–Trinajstić information content (AvgIpc) is 3.06. The summed E-state index contributed by atoms with van der Waals surface area (Å²) in [5.74, 6) is 1.91. The minimum absolute atomic E-state index is 0.295. The van der Waals surface area contributed by atoms with Gasteiger partial charge in [0.25, 0.3) is 5.91 Å². The van der Waals surface area contributed by atoms with Crippen LogP contribution in [0.25, 0.3) is 10.2 Å². The minimum atomic E-state index is -0.295. The van der Waals surface area contributed by atoms with E-state index < -0.39 is 0 Å². The van der Waals surface area contributed by atoms with Crippen LogP contribution in [0.2, 0.25) is 0 Å². The molecule has 0 atom stereocenters. The number of carbonyl (C=O) groups is 1. The van der Waals surface area contributed by atoms with E-state index in [0.717, 1.165) is 21.7 Å². The molecular formula is C23H20N2O3S. The van der Waals surface area contributed by atoms with Crippen LogP contribution in [0.4, 0.5) is 0 Å². The number of fused-ring (bicyclic) bond motifs is 1. The fourth-order valence-corrected chi connectivity index (χ4v) is 4.02. The number of hydrogen-bond acceptors (Lipinski definition) is 4. The first-order chi connectivity index (χ1) is 14.2. The van der Waals surface area contributed by atoms with Crippen LogP contribution in [0.1, 0.15) is 17.3 Å². The third kappa shape index (κ3) is 4.07. The van der Waals surface area contributed by atoms with Crippen molar-refractivity contribution < 1.29 is 14.3 Å². The van der Waals surface area contributed by atoms with Gasteiger partial charge in [-0.3, -0.25) is 4.79 Å². The topological polar surface area (TPSA) is 52.8 Å². The standard InChI is InChI=1S/C23H20N2O3S/c1-3-27-19-10-7-11-20-21(19)25(2)23(29-20)24-22(26)16-12-14-18(15-13-16)28-17-8-5-4-6-9-17/h4-15H,3H2,1-2H3. The van der Waals surface area contributed by atoms with Gasteiger partial charge in [-0.1, -0.05) is 35.6 Å². The van der Waals surface area contributed by atoms with Gasteiger partial charge in [0, 0.05) is 12.6 Å². The van der Waals surface area contributed by atoms with Gasteiger partial charge in [0.05, 0.1) is 11.3 Å². The molecule has 0 aliphatic rings. The van der Waals surface area contributed by atoms with Gasteiger partial charge < -0.3 is 14.0 Å². The molecule has 0 spiro atoms. The van der Waals surface area contributed by atoms with E-state index in [4.69, 9.17) is 9.47 Å². The van der Waals surface area contributed by atoms with Gasteiger partial charge in [-0.05, 0) is 55.5 Å². The molecule has 0 fully saturated rings. The lowest BCUT2D eigenvalue weighted by molar-refractivity contribution is 0.0998. The molecular weight excluding hydrogens is 384 g/mol. The second-order valence-electron chi connectivity index (χ2n) is 6.34. The number of thiazole rings is 1. The summed E-state index contributed by atoms with van der Waals surface area (Å²) in [4.78, 5) is 17.6. The first-order valence-electron chi connectivity index (χ1n) is 9.29. The highest BCUT2D eigenvalue weighted by molar-refractivity contribution is 7.16. The van der Waals surface area contributed by atoms with Gasteiger partial charge in [0.2, 0.25) is 0 Å². The third-order valence-electron chi connectivity index (χ3n) is 4.36. The van der Waals surface area contributed by atoms with Crippen LogP contribution in [0.5, 0.6) is 17.2 Å². The minimum Gasteiger partial charge on any atom is -0.492 e. The summed E-state index contributed by atoms with van der Waals surface area (Å²) in [6.45, 7) is 2.53. The van der Waals surface area contributed by atoms with Gasteiger partial charge in [-0.25, -0.2) is 0 Å². The van der Waals surface area contributed by atoms with E-state index in [1.165, 1.54) is 11.3 Å². The monoisotopic (exact) mass is 404 g/mol. The number of aromatic nitrogens is 1. The lowest BCUT2D eigenvalue weighted by Crippen LogP contribution is -2.13. The Labute approximate surface area is 172 Å².